The van der Waals surface area contributed by atoms with Crippen LogP contribution in [0.5, 0.6) is 0 Å². The number of benzene rings is 1. The fourth-order valence-corrected chi connectivity index (χ4v) is 1.67. The standard InChI is InChI=1S/C13H17NO2/c1-10(2)13(9-15)14(11(3)16)12-7-5-4-6-8-12/h4-10,13H,1-3H3/t13-/m0/s1. The van der Waals surface area contributed by atoms with Gasteiger partial charge in [0, 0.05) is 12.6 Å². The predicted octanol–water partition coefficient (Wildman–Crippen LogP) is 2.26. The maximum Gasteiger partial charge on any atom is 0.224 e. The van der Waals surface area contributed by atoms with Gasteiger partial charge in [0.05, 0.1) is 6.04 Å². The van der Waals surface area contributed by atoms with Gasteiger partial charge in [0.15, 0.2) is 0 Å². The highest BCUT2D eigenvalue weighted by molar-refractivity contribution is 5.95. The lowest BCUT2D eigenvalue weighted by Gasteiger charge is -2.29. The van der Waals surface area contributed by atoms with E-state index in [4.69, 9.17) is 0 Å². The lowest BCUT2D eigenvalue weighted by molar-refractivity contribution is -0.119. The smallest absolute Gasteiger partial charge is 0.224 e. The number of hydrogen-bond acceptors (Lipinski definition) is 2. The molecule has 16 heavy (non-hydrogen) atoms. The molecule has 1 amide bonds. The van der Waals surface area contributed by atoms with Crippen molar-refractivity contribution in [3.8, 4) is 0 Å². The molecule has 0 unspecified atom stereocenters. The van der Waals surface area contributed by atoms with Crippen molar-refractivity contribution in [1.82, 2.24) is 0 Å². The number of para-hydroxylation sites is 1. The number of carbonyl (C=O) groups excluding carboxylic acids is 2. The molecule has 0 bridgehead atoms. The summed E-state index contributed by atoms with van der Waals surface area (Å²) in [5, 5.41) is 0. The summed E-state index contributed by atoms with van der Waals surface area (Å²) < 4.78 is 0. The molecular weight excluding hydrogens is 202 g/mol. The molecule has 1 rings (SSSR count). The third-order valence-corrected chi connectivity index (χ3v) is 2.49. The number of aldehydes is 1. The van der Waals surface area contributed by atoms with Crippen LogP contribution in [0.25, 0.3) is 0 Å². The number of rotatable bonds is 4. The van der Waals surface area contributed by atoms with E-state index in [1.807, 2.05) is 44.2 Å². The molecule has 0 radical (unpaired) electrons. The van der Waals surface area contributed by atoms with Crippen LogP contribution in [0.15, 0.2) is 30.3 Å². The number of carbonyl (C=O) groups is 2. The van der Waals surface area contributed by atoms with Gasteiger partial charge in [-0.25, -0.2) is 0 Å². The first kappa shape index (κ1) is 12.4. The van der Waals surface area contributed by atoms with Crippen LogP contribution >= 0.6 is 0 Å². The van der Waals surface area contributed by atoms with E-state index in [0.29, 0.717) is 0 Å². The van der Waals surface area contributed by atoms with E-state index in [-0.39, 0.29) is 11.8 Å². The highest BCUT2D eigenvalue weighted by Crippen LogP contribution is 2.19. The minimum absolute atomic E-state index is 0.0987. The minimum Gasteiger partial charge on any atom is -0.302 e. The van der Waals surface area contributed by atoms with E-state index in [0.717, 1.165) is 12.0 Å². The average Bonchev–Trinajstić information content (AvgIpc) is 2.25. The van der Waals surface area contributed by atoms with Crippen molar-refractivity contribution in [2.75, 3.05) is 4.90 Å². The lowest BCUT2D eigenvalue weighted by atomic mass is 10.0. The number of hydrogen-bond donors (Lipinski definition) is 0. The van der Waals surface area contributed by atoms with E-state index < -0.39 is 6.04 Å². The molecule has 0 aliphatic carbocycles. The van der Waals surface area contributed by atoms with E-state index in [1.165, 1.54) is 11.8 Å². The molecule has 0 saturated heterocycles. The molecule has 1 atom stereocenters. The van der Waals surface area contributed by atoms with Crippen molar-refractivity contribution in [2.24, 2.45) is 5.92 Å². The third-order valence-electron chi connectivity index (χ3n) is 2.49. The zero-order valence-corrected chi connectivity index (χ0v) is 9.88. The van der Waals surface area contributed by atoms with Crippen molar-refractivity contribution < 1.29 is 9.59 Å². The fraction of sp³-hybridized carbons (Fsp3) is 0.385. The Labute approximate surface area is 96.1 Å². The van der Waals surface area contributed by atoms with Crippen molar-refractivity contribution in [3.05, 3.63) is 30.3 Å². The lowest BCUT2D eigenvalue weighted by Crippen LogP contribution is -2.43. The van der Waals surface area contributed by atoms with Crippen LogP contribution in [0.2, 0.25) is 0 Å². The van der Waals surface area contributed by atoms with E-state index in [1.54, 1.807) is 0 Å². The Hall–Kier alpha value is -1.64. The number of nitrogens with zero attached hydrogens (tertiary/aromatic N) is 1. The number of anilines is 1. The maximum atomic E-state index is 11.6. The molecule has 0 aliphatic rings. The van der Waals surface area contributed by atoms with Gasteiger partial charge in [-0.3, -0.25) is 4.79 Å². The largest absolute Gasteiger partial charge is 0.302 e. The fourth-order valence-electron chi connectivity index (χ4n) is 1.67. The molecule has 0 aromatic heterocycles. The molecule has 0 aliphatic heterocycles. The van der Waals surface area contributed by atoms with Crippen LogP contribution in [0.1, 0.15) is 20.8 Å². The predicted molar refractivity (Wildman–Crippen MR) is 64.3 cm³/mol. The SMILES string of the molecule is CC(=O)N(c1ccccc1)[C@@H](C=O)C(C)C. The highest BCUT2D eigenvalue weighted by Gasteiger charge is 2.24. The second-order valence-corrected chi connectivity index (χ2v) is 4.10. The zero-order valence-electron chi connectivity index (χ0n) is 9.88. The first-order chi connectivity index (χ1) is 7.57. The molecule has 1 aromatic rings. The van der Waals surface area contributed by atoms with Crippen LogP contribution in [0.3, 0.4) is 0 Å². The second kappa shape index (κ2) is 5.45. The highest BCUT2D eigenvalue weighted by atomic mass is 16.2. The van der Waals surface area contributed by atoms with E-state index in [2.05, 4.69) is 0 Å². The summed E-state index contributed by atoms with van der Waals surface area (Å²) in [7, 11) is 0. The van der Waals surface area contributed by atoms with Gasteiger partial charge >= 0.3 is 0 Å². The summed E-state index contributed by atoms with van der Waals surface area (Å²) >= 11 is 0. The van der Waals surface area contributed by atoms with Crippen LogP contribution < -0.4 is 4.90 Å². The molecule has 0 saturated carbocycles. The van der Waals surface area contributed by atoms with Crippen molar-refractivity contribution >= 4 is 17.9 Å². The summed E-state index contributed by atoms with van der Waals surface area (Å²) in [6.45, 7) is 5.34. The van der Waals surface area contributed by atoms with Gasteiger partial charge in [-0.15, -0.1) is 0 Å². The monoisotopic (exact) mass is 219 g/mol. The molecule has 3 heteroatoms. The van der Waals surface area contributed by atoms with Gasteiger partial charge in [-0.05, 0) is 18.1 Å². The summed E-state index contributed by atoms with van der Waals surface area (Å²) in [5.74, 6) is -0.0152. The molecule has 0 fully saturated rings. The van der Waals surface area contributed by atoms with Crippen molar-refractivity contribution in [3.63, 3.8) is 0 Å². The average molecular weight is 219 g/mol. The van der Waals surface area contributed by atoms with Gasteiger partial charge in [-0.1, -0.05) is 32.0 Å². The molecular formula is C13H17NO2. The molecule has 1 aromatic carbocycles. The number of amides is 1. The van der Waals surface area contributed by atoms with Crippen molar-refractivity contribution in [2.45, 2.75) is 26.8 Å². The summed E-state index contributed by atoms with van der Waals surface area (Å²) in [4.78, 5) is 24.2. The molecule has 3 nitrogen and oxygen atoms in total. The normalized spacial score (nSPS) is 12.2. The minimum atomic E-state index is -0.403. The van der Waals surface area contributed by atoms with Crippen LogP contribution in [-0.4, -0.2) is 18.2 Å². The van der Waals surface area contributed by atoms with Gasteiger partial charge in [0.25, 0.3) is 0 Å². The van der Waals surface area contributed by atoms with Gasteiger partial charge in [0.2, 0.25) is 5.91 Å². The first-order valence-corrected chi connectivity index (χ1v) is 5.38. The second-order valence-electron chi connectivity index (χ2n) is 4.10. The quantitative estimate of drug-likeness (QED) is 0.728. The Morgan fingerprint density at radius 2 is 1.81 bits per heavy atom. The third kappa shape index (κ3) is 2.69. The van der Waals surface area contributed by atoms with Crippen LogP contribution in [-0.2, 0) is 9.59 Å². The van der Waals surface area contributed by atoms with Gasteiger partial charge in [0.1, 0.15) is 6.29 Å². The Morgan fingerprint density at radius 1 is 1.25 bits per heavy atom. The van der Waals surface area contributed by atoms with Gasteiger partial charge < -0.3 is 9.69 Å². The Kier molecular flexibility index (Phi) is 4.23. The molecule has 0 spiro atoms. The molecule has 0 heterocycles. The Morgan fingerprint density at radius 3 is 2.19 bits per heavy atom. The maximum absolute atomic E-state index is 11.6. The summed E-state index contributed by atoms with van der Waals surface area (Å²) in [6, 6.07) is 8.86. The van der Waals surface area contributed by atoms with Crippen molar-refractivity contribution in [1.29, 1.82) is 0 Å². The summed E-state index contributed by atoms with van der Waals surface area (Å²) in [6.07, 6.45) is 0.832. The molecule has 86 valence electrons. The Bertz CT molecular complexity index is 359. The van der Waals surface area contributed by atoms with Crippen LogP contribution in [0, 0.1) is 5.92 Å². The van der Waals surface area contributed by atoms with Crippen LogP contribution in [0.4, 0.5) is 5.69 Å². The zero-order chi connectivity index (χ0) is 12.1. The topological polar surface area (TPSA) is 37.4 Å². The van der Waals surface area contributed by atoms with Gasteiger partial charge in [-0.2, -0.15) is 0 Å². The Balaban J connectivity index is 3.09. The van der Waals surface area contributed by atoms with E-state index in [9.17, 15) is 9.59 Å². The van der Waals surface area contributed by atoms with E-state index >= 15 is 0 Å². The first-order valence-electron chi connectivity index (χ1n) is 5.38. The molecule has 0 N–H and O–H groups in total. The summed E-state index contributed by atoms with van der Waals surface area (Å²) in [5.41, 5.74) is 0.765.